The van der Waals surface area contributed by atoms with E-state index < -0.39 is 17.7 Å². The summed E-state index contributed by atoms with van der Waals surface area (Å²) in [5.74, 6) is -0.179. The van der Waals surface area contributed by atoms with Crippen LogP contribution in [-0.4, -0.2) is 16.1 Å². The highest BCUT2D eigenvalue weighted by Crippen LogP contribution is 2.29. The standard InChI is InChI=1S/C19H13F3N2O3/c20-19(21,22)15-9-6-13(7-10-15)8-11-17(25)26-12-16-23-18(24-27-16)14-4-2-1-3-5-14/h1-11H,12H2/b11-8+. The van der Waals surface area contributed by atoms with E-state index in [2.05, 4.69) is 10.1 Å². The van der Waals surface area contributed by atoms with Crippen LogP contribution in [0.4, 0.5) is 13.2 Å². The number of carbonyl (C=O) groups excluding carboxylic acids is 1. The van der Waals surface area contributed by atoms with Crippen molar-refractivity contribution >= 4 is 12.0 Å². The quantitative estimate of drug-likeness (QED) is 0.486. The lowest BCUT2D eigenvalue weighted by atomic mass is 10.1. The summed E-state index contributed by atoms with van der Waals surface area (Å²) in [6.07, 6.45) is -1.94. The first-order chi connectivity index (χ1) is 12.9. The average Bonchev–Trinajstić information content (AvgIpc) is 3.14. The molecule has 3 aromatic rings. The monoisotopic (exact) mass is 374 g/mol. The van der Waals surface area contributed by atoms with Crippen molar-refractivity contribution in [3.63, 3.8) is 0 Å². The molecule has 0 radical (unpaired) electrons. The lowest BCUT2D eigenvalue weighted by Gasteiger charge is -2.05. The summed E-state index contributed by atoms with van der Waals surface area (Å²) in [4.78, 5) is 15.8. The van der Waals surface area contributed by atoms with Gasteiger partial charge >= 0.3 is 12.1 Å². The van der Waals surface area contributed by atoms with E-state index in [1.54, 1.807) is 0 Å². The maximum Gasteiger partial charge on any atom is 0.416 e. The first-order valence-electron chi connectivity index (χ1n) is 7.82. The number of carbonyl (C=O) groups is 1. The molecule has 1 aromatic heterocycles. The van der Waals surface area contributed by atoms with E-state index in [0.717, 1.165) is 23.8 Å². The van der Waals surface area contributed by atoms with Crippen molar-refractivity contribution in [1.29, 1.82) is 0 Å². The number of aromatic nitrogens is 2. The van der Waals surface area contributed by atoms with Crippen LogP contribution in [0.2, 0.25) is 0 Å². The Kier molecular flexibility index (Phi) is 5.35. The highest BCUT2D eigenvalue weighted by molar-refractivity contribution is 5.87. The van der Waals surface area contributed by atoms with Crippen molar-refractivity contribution in [2.75, 3.05) is 0 Å². The van der Waals surface area contributed by atoms with Gasteiger partial charge in [0, 0.05) is 11.6 Å². The minimum absolute atomic E-state index is 0.130. The van der Waals surface area contributed by atoms with Crippen LogP contribution in [0.5, 0.6) is 0 Å². The average molecular weight is 374 g/mol. The van der Waals surface area contributed by atoms with Gasteiger partial charge in [0.1, 0.15) is 0 Å². The first-order valence-corrected chi connectivity index (χ1v) is 7.82. The highest BCUT2D eigenvalue weighted by Gasteiger charge is 2.29. The molecule has 0 fully saturated rings. The van der Waals surface area contributed by atoms with Gasteiger partial charge in [-0.3, -0.25) is 0 Å². The number of ether oxygens (including phenoxy) is 1. The Bertz CT molecular complexity index is 933. The predicted octanol–water partition coefficient (Wildman–Crippen LogP) is 4.51. The van der Waals surface area contributed by atoms with Gasteiger partial charge in [-0.15, -0.1) is 0 Å². The van der Waals surface area contributed by atoms with E-state index >= 15 is 0 Å². The van der Waals surface area contributed by atoms with Gasteiger partial charge in [0.05, 0.1) is 5.56 Å². The topological polar surface area (TPSA) is 65.2 Å². The Balaban J connectivity index is 1.54. The van der Waals surface area contributed by atoms with Crippen molar-refractivity contribution in [1.82, 2.24) is 10.1 Å². The summed E-state index contributed by atoms with van der Waals surface area (Å²) in [6.45, 7) is -0.212. The van der Waals surface area contributed by atoms with Crippen LogP contribution in [0, 0.1) is 0 Å². The largest absolute Gasteiger partial charge is 0.452 e. The van der Waals surface area contributed by atoms with Gasteiger partial charge in [0.15, 0.2) is 6.61 Å². The molecule has 2 aromatic carbocycles. The summed E-state index contributed by atoms with van der Waals surface area (Å²) < 4.78 is 47.5. The Hall–Kier alpha value is -3.42. The normalized spacial score (nSPS) is 11.7. The fraction of sp³-hybridized carbons (Fsp3) is 0.105. The van der Waals surface area contributed by atoms with E-state index in [4.69, 9.17) is 9.26 Å². The van der Waals surface area contributed by atoms with Crippen LogP contribution in [-0.2, 0) is 22.3 Å². The second kappa shape index (κ2) is 7.86. The predicted molar refractivity (Wildman–Crippen MR) is 90.0 cm³/mol. The van der Waals surface area contributed by atoms with Gasteiger partial charge in [-0.2, -0.15) is 18.2 Å². The summed E-state index contributed by atoms with van der Waals surface area (Å²) in [6, 6.07) is 13.5. The van der Waals surface area contributed by atoms with E-state index in [0.29, 0.717) is 11.4 Å². The minimum atomic E-state index is -4.40. The zero-order valence-electron chi connectivity index (χ0n) is 13.8. The Morgan fingerprint density at radius 2 is 1.78 bits per heavy atom. The van der Waals surface area contributed by atoms with Crippen LogP contribution in [0.3, 0.4) is 0 Å². The summed E-state index contributed by atoms with van der Waals surface area (Å²) in [5, 5.41) is 3.80. The van der Waals surface area contributed by atoms with Gasteiger partial charge in [0.2, 0.25) is 5.82 Å². The highest BCUT2D eigenvalue weighted by atomic mass is 19.4. The molecule has 1 heterocycles. The summed E-state index contributed by atoms with van der Waals surface area (Å²) >= 11 is 0. The molecule has 0 saturated carbocycles. The molecular formula is C19H13F3N2O3. The van der Waals surface area contributed by atoms with Crippen LogP contribution < -0.4 is 0 Å². The molecule has 0 unspecified atom stereocenters. The summed E-state index contributed by atoms with van der Waals surface area (Å²) in [5.41, 5.74) is 0.443. The fourth-order valence-electron chi connectivity index (χ4n) is 2.15. The maximum absolute atomic E-state index is 12.5. The van der Waals surface area contributed by atoms with Crippen molar-refractivity contribution in [2.24, 2.45) is 0 Å². The van der Waals surface area contributed by atoms with E-state index in [-0.39, 0.29) is 12.5 Å². The second-order valence-corrected chi connectivity index (χ2v) is 5.44. The Morgan fingerprint density at radius 3 is 2.44 bits per heavy atom. The van der Waals surface area contributed by atoms with Gasteiger partial charge < -0.3 is 9.26 Å². The number of alkyl halides is 3. The zero-order valence-corrected chi connectivity index (χ0v) is 13.8. The molecule has 27 heavy (non-hydrogen) atoms. The SMILES string of the molecule is O=C(/C=C/c1ccc(C(F)(F)F)cc1)OCc1nc(-c2ccccc2)no1. The molecular weight excluding hydrogens is 361 g/mol. The number of hydrogen-bond donors (Lipinski definition) is 0. The lowest BCUT2D eigenvalue weighted by Crippen LogP contribution is -2.04. The molecule has 0 spiro atoms. The summed E-state index contributed by atoms with van der Waals surface area (Å²) in [7, 11) is 0. The van der Waals surface area contributed by atoms with Crippen LogP contribution in [0.25, 0.3) is 17.5 Å². The van der Waals surface area contributed by atoms with Crippen LogP contribution in [0.1, 0.15) is 17.0 Å². The van der Waals surface area contributed by atoms with Gasteiger partial charge in [0.25, 0.3) is 5.89 Å². The molecule has 0 N–H and O–H groups in total. The lowest BCUT2D eigenvalue weighted by molar-refractivity contribution is -0.140. The number of rotatable bonds is 5. The number of benzene rings is 2. The van der Waals surface area contributed by atoms with E-state index in [1.807, 2.05) is 30.3 Å². The number of hydrogen-bond acceptors (Lipinski definition) is 5. The van der Waals surface area contributed by atoms with Crippen LogP contribution in [0.15, 0.2) is 65.2 Å². The zero-order chi connectivity index (χ0) is 19.3. The van der Waals surface area contributed by atoms with Crippen LogP contribution >= 0.6 is 0 Å². The molecule has 0 amide bonds. The van der Waals surface area contributed by atoms with E-state index in [9.17, 15) is 18.0 Å². The van der Waals surface area contributed by atoms with Gasteiger partial charge in [-0.25, -0.2) is 4.79 Å². The smallest absolute Gasteiger partial charge is 0.416 e. The third kappa shape index (κ3) is 5.04. The molecule has 138 valence electrons. The van der Waals surface area contributed by atoms with Crippen molar-refractivity contribution < 1.29 is 27.2 Å². The molecule has 0 aliphatic carbocycles. The van der Waals surface area contributed by atoms with Crippen molar-refractivity contribution in [3.8, 4) is 11.4 Å². The minimum Gasteiger partial charge on any atom is -0.452 e. The molecule has 8 heteroatoms. The maximum atomic E-state index is 12.5. The second-order valence-electron chi connectivity index (χ2n) is 5.44. The number of halogens is 3. The molecule has 0 atom stereocenters. The Morgan fingerprint density at radius 1 is 1.07 bits per heavy atom. The molecule has 0 aliphatic rings. The molecule has 0 bridgehead atoms. The van der Waals surface area contributed by atoms with Crippen molar-refractivity contribution in [2.45, 2.75) is 12.8 Å². The first kappa shape index (κ1) is 18.4. The van der Waals surface area contributed by atoms with Gasteiger partial charge in [-0.05, 0) is 23.8 Å². The molecule has 0 aliphatic heterocycles. The van der Waals surface area contributed by atoms with E-state index in [1.165, 1.54) is 18.2 Å². The fourth-order valence-corrected chi connectivity index (χ4v) is 2.15. The number of nitrogens with zero attached hydrogens (tertiary/aromatic N) is 2. The van der Waals surface area contributed by atoms with Crippen molar-refractivity contribution in [3.05, 3.63) is 77.7 Å². The third-order valence-electron chi connectivity index (χ3n) is 3.49. The molecule has 5 nitrogen and oxygen atoms in total. The molecule has 0 saturated heterocycles. The van der Waals surface area contributed by atoms with Gasteiger partial charge in [-0.1, -0.05) is 47.6 Å². The molecule has 3 rings (SSSR count). The third-order valence-corrected chi connectivity index (χ3v) is 3.49. The number of esters is 1. The Labute approximate surface area is 152 Å².